The molecular formula is C18H30O3. The molecule has 0 aromatic rings. The molecule has 120 valence electrons. The summed E-state index contributed by atoms with van der Waals surface area (Å²) in [4.78, 5) is 23.6. The predicted octanol–water partition coefficient (Wildman–Crippen LogP) is 4.82. The summed E-state index contributed by atoms with van der Waals surface area (Å²) < 4.78 is 4.96. The molecule has 2 unspecified atom stereocenters. The highest BCUT2D eigenvalue weighted by Gasteiger charge is 2.21. The first-order valence-electron chi connectivity index (χ1n) is 8.08. The van der Waals surface area contributed by atoms with E-state index in [4.69, 9.17) is 4.74 Å². The Kier molecular flexibility index (Phi) is 11.6. The zero-order chi connectivity index (χ0) is 16.1. The number of carbonyl (C=O) groups excluding carboxylic acids is 2. The smallest absolute Gasteiger partial charge is 0.316 e. The minimum atomic E-state index is -0.402. The van der Waals surface area contributed by atoms with Crippen molar-refractivity contribution in [3.05, 3.63) is 24.3 Å². The van der Waals surface area contributed by atoms with Crippen LogP contribution in [0, 0.1) is 11.8 Å². The molecular weight excluding hydrogens is 264 g/mol. The van der Waals surface area contributed by atoms with Gasteiger partial charge >= 0.3 is 11.9 Å². The molecule has 0 spiro atoms. The average Bonchev–Trinajstić information content (AvgIpc) is 2.47. The summed E-state index contributed by atoms with van der Waals surface area (Å²) in [7, 11) is 0. The summed E-state index contributed by atoms with van der Waals surface area (Å²) in [6.45, 7) is 7.77. The van der Waals surface area contributed by atoms with Crippen LogP contribution >= 0.6 is 0 Å². The second kappa shape index (κ2) is 12.4. The molecule has 3 heteroatoms. The van der Waals surface area contributed by atoms with Crippen molar-refractivity contribution in [2.24, 2.45) is 11.8 Å². The molecule has 2 atom stereocenters. The summed E-state index contributed by atoms with van der Waals surface area (Å²) in [5.74, 6) is -1.27. The van der Waals surface area contributed by atoms with Crippen LogP contribution in [0.3, 0.4) is 0 Å². The average molecular weight is 294 g/mol. The van der Waals surface area contributed by atoms with E-state index < -0.39 is 11.9 Å². The van der Waals surface area contributed by atoms with Crippen LogP contribution in [0.4, 0.5) is 0 Å². The number of hydrogen-bond acceptors (Lipinski definition) is 3. The lowest BCUT2D eigenvalue weighted by Gasteiger charge is -2.12. The van der Waals surface area contributed by atoms with Crippen LogP contribution in [0.15, 0.2) is 24.3 Å². The van der Waals surface area contributed by atoms with E-state index in [1.807, 2.05) is 13.8 Å². The molecule has 0 amide bonds. The molecule has 0 aliphatic heterocycles. The molecule has 0 saturated heterocycles. The minimum absolute atomic E-state index is 0.234. The van der Waals surface area contributed by atoms with Crippen molar-refractivity contribution in [3.8, 4) is 0 Å². The monoisotopic (exact) mass is 294 g/mol. The summed E-state index contributed by atoms with van der Waals surface area (Å²) in [5.41, 5.74) is 0. The number of carbonyl (C=O) groups is 2. The molecule has 21 heavy (non-hydrogen) atoms. The van der Waals surface area contributed by atoms with Crippen molar-refractivity contribution in [1.82, 2.24) is 0 Å². The normalized spacial score (nSPS) is 14.5. The second-order valence-electron chi connectivity index (χ2n) is 5.46. The van der Waals surface area contributed by atoms with Crippen molar-refractivity contribution < 1.29 is 14.3 Å². The summed E-state index contributed by atoms with van der Waals surface area (Å²) >= 11 is 0. The largest absolute Gasteiger partial charge is 0.393 e. The Balaban J connectivity index is 4.03. The van der Waals surface area contributed by atoms with Gasteiger partial charge in [-0.25, -0.2) is 0 Å². The van der Waals surface area contributed by atoms with Crippen molar-refractivity contribution in [2.45, 2.75) is 66.2 Å². The van der Waals surface area contributed by atoms with Gasteiger partial charge in [0.1, 0.15) is 0 Å². The van der Waals surface area contributed by atoms with Crippen LogP contribution in [0.1, 0.15) is 66.2 Å². The number of hydrogen-bond donors (Lipinski definition) is 0. The maximum absolute atomic E-state index is 11.8. The summed E-state index contributed by atoms with van der Waals surface area (Å²) in [5, 5.41) is 0. The van der Waals surface area contributed by atoms with Crippen molar-refractivity contribution in [1.29, 1.82) is 0 Å². The lowest BCUT2D eigenvalue weighted by atomic mass is 10.0. The van der Waals surface area contributed by atoms with Gasteiger partial charge in [0.05, 0.1) is 11.8 Å². The van der Waals surface area contributed by atoms with E-state index in [-0.39, 0.29) is 11.8 Å². The van der Waals surface area contributed by atoms with Gasteiger partial charge in [-0.2, -0.15) is 0 Å². The maximum Gasteiger partial charge on any atom is 0.316 e. The van der Waals surface area contributed by atoms with Gasteiger partial charge in [-0.15, -0.1) is 0 Å². The molecule has 3 nitrogen and oxygen atoms in total. The van der Waals surface area contributed by atoms with Crippen LogP contribution in [0.5, 0.6) is 0 Å². The molecule has 0 aliphatic rings. The summed E-state index contributed by atoms with van der Waals surface area (Å²) in [6, 6.07) is 0. The fourth-order valence-electron chi connectivity index (χ4n) is 1.80. The summed E-state index contributed by atoms with van der Waals surface area (Å²) in [6.07, 6.45) is 13.4. The van der Waals surface area contributed by atoms with Crippen LogP contribution in [0.25, 0.3) is 0 Å². The van der Waals surface area contributed by atoms with Crippen LogP contribution in [0.2, 0.25) is 0 Å². The Morgan fingerprint density at radius 3 is 1.52 bits per heavy atom. The predicted molar refractivity (Wildman–Crippen MR) is 86.8 cm³/mol. The maximum atomic E-state index is 11.8. The van der Waals surface area contributed by atoms with E-state index in [1.165, 1.54) is 0 Å². The van der Waals surface area contributed by atoms with Gasteiger partial charge in [0.2, 0.25) is 0 Å². The minimum Gasteiger partial charge on any atom is -0.393 e. The highest BCUT2D eigenvalue weighted by atomic mass is 16.6. The van der Waals surface area contributed by atoms with Gasteiger partial charge in [-0.1, -0.05) is 52.0 Å². The molecule has 0 aliphatic carbocycles. The van der Waals surface area contributed by atoms with Gasteiger partial charge < -0.3 is 4.74 Å². The third-order valence-corrected chi connectivity index (χ3v) is 3.34. The Morgan fingerprint density at radius 2 is 1.19 bits per heavy atom. The molecule has 0 bridgehead atoms. The Hall–Kier alpha value is -1.38. The quantitative estimate of drug-likeness (QED) is 0.329. The lowest BCUT2D eigenvalue weighted by molar-refractivity contribution is -0.165. The van der Waals surface area contributed by atoms with E-state index >= 15 is 0 Å². The number of allylic oxidation sites excluding steroid dienone is 4. The van der Waals surface area contributed by atoms with Crippen LogP contribution in [-0.2, 0) is 14.3 Å². The molecule has 0 heterocycles. The number of ether oxygens (including phenoxy) is 1. The topological polar surface area (TPSA) is 43.4 Å². The second-order valence-corrected chi connectivity index (χ2v) is 5.46. The first-order chi connectivity index (χ1) is 10.0. The van der Waals surface area contributed by atoms with Crippen LogP contribution in [-0.4, -0.2) is 11.9 Å². The zero-order valence-corrected chi connectivity index (χ0v) is 13.9. The van der Waals surface area contributed by atoms with E-state index in [1.54, 1.807) is 0 Å². The fraction of sp³-hybridized carbons (Fsp3) is 0.667. The molecule has 0 radical (unpaired) electrons. The third kappa shape index (κ3) is 10.1. The van der Waals surface area contributed by atoms with E-state index in [2.05, 4.69) is 38.2 Å². The standard InChI is InChI=1S/C18H30O3/c1-5-7-9-11-13-15(3)17(19)21-18(20)16(4)14-12-10-8-6-2/h7-10,15-16H,5-6,11-14H2,1-4H3. The van der Waals surface area contributed by atoms with Crippen LogP contribution < -0.4 is 0 Å². The molecule has 0 saturated carbocycles. The van der Waals surface area contributed by atoms with Gasteiger partial charge in [0, 0.05) is 0 Å². The fourth-order valence-corrected chi connectivity index (χ4v) is 1.80. The molecule has 0 aromatic carbocycles. The Bertz CT molecular complexity index is 321. The molecule has 0 fully saturated rings. The van der Waals surface area contributed by atoms with Gasteiger partial charge in [0.25, 0.3) is 0 Å². The van der Waals surface area contributed by atoms with E-state index in [0.717, 1.165) is 38.5 Å². The third-order valence-electron chi connectivity index (χ3n) is 3.34. The number of esters is 2. The van der Waals surface area contributed by atoms with Gasteiger partial charge in [0.15, 0.2) is 0 Å². The number of rotatable bonds is 10. The lowest BCUT2D eigenvalue weighted by Crippen LogP contribution is -2.23. The van der Waals surface area contributed by atoms with E-state index in [9.17, 15) is 9.59 Å². The Labute approximate surface area is 129 Å². The van der Waals surface area contributed by atoms with Gasteiger partial charge in [-0.05, 0) is 38.5 Å². The zero-order valence-electron chi connectivity index (χ0n) is 13.9. The van der Waals surface area contributed by atoms with Gasteiger partial charge in [-0.3, -0.25) is 9.59 Å². The molecule has 0 rings (SSSR count). The van der Waals surface area contributed by atoms with Crippen molar-refractivity contribution in [3.63, 3.8) is 0 Å². The first kappa shape index (κ1) is 19.6. The highest BCUT2D eigenvalue weighted by Crippen LogP contribution is 2.13. The van der Waals surface area contributed by atoms with Crippen molar-refractivity contribution in [2.75, 3.05) is 0 Å². The molecule has 0 aromatic heterocycles. The Morgan fingerprint density at radius 1 is 0.810 bits per heavy atom. The van der Waals surface area contributed by atoms with E-state index in [0.29, 0.717) is 0 Å². The van der Waals surface area contributed by atoms with Crippen molar-refractivity contribution >= 4 is 11.9 Å². The first-order valence-corrected chi connectivity index (χ1v) is 8.08. The molecule has 0 N–H and O–H groups in total. The highest BCUT2D eigenvalue weighted by molar-refractivity contribution is 5.87. The SMILES string of the molecule is CCC=CCCC(C)C(=O)OC(=O)C(C)CCC=CCC.